The van der Waals surface area contributed by atoms with E-state index < -0.39 is 0 Å². The lowest BCUT2D eigenvalue weighted by atomic mass is 10.1. The predicted octanol–water partition coefficient (Wildman–Crippen LogP) is 3.48. The highest BCUT2D eigenvalue weighted by molar-refractivity contribution is 6.30. The number of hydrogen-bond donors (Lipinski definition) is 0. The summed E-state index contributed by atoms with van der Waals surface area (Å²) < 4.78 is 0. The molecule has 1 heterocycles. The van der Waals surface area contributed by atoms with Crippen molar-refractivity contribution in [3.05, 3.63) is 59.1 Å². The van der Waals surface area contributed by atoms with Crippen LogP contribution in [-0.4, -0.2) is 32.5 Å². The van der Waals surface area contributed by atoms with E-state index in [-0.39, 0.29) is 5.78 Å². The van der Waals surface area contributed by atoms with Crippen LogP contribution in [0.15, 0.2) is 48.5 Å². The number of hydrogen-bond acceptors (Lipinski definition) is 3. The van der Waals surface area contributed by atoms with E-state index in [2.05, 4.69) is 29.0 Å². The van der Waals surface area contributed by atoms with Crippen LogP contribution in [0, 0.1) is 0 Å². The maximum absolute atomic E-state index is 12.4. The molecule has 0 aliphatic carbocycles. The van der Waals surface area contributed by atoms with Crippen molar-refractivity contribution in [2.75, 3.05) is 36.5 Å². The highest BCUT2D eigenvalue weighted by Crippen LogP contribution is 2.31. The summed E-state index contributed by atoms with van der Waals surface area (Å²) in [4.78, 5) is 16.8. The molecule has 4 heteroatoms. The van der Waals surface area contributed by atoms with Crippen LogP contribution in [-0.2, 0) is 0 Å². The highest BCUT2D eigenvalue weighted by atomic mass is 35.5. The molecule has 0 spiro atoms. The van der Waals surface area contributed by atoms with Crippen LogP contribution in [0.3, 0.4) is 0 Å². The van der Waals surface area contributed by atoms with Gasteiger partial charge in [-0.05, 0) is 36.4 Å². The Bertz CT molecular complexity index is 654. The van der Waals surface area contributed by atoms with Gasteiger partial charge >= 0.3 is 0 Å². The lowest BCUT2D eigenvalue weighted by Crippen LogP contribution is -2.41. The van der Waals surface area contributed by atoms with E-state index in [0.29, 0.717) is 17.1 Å². The summed E-state index contributed by atoms with van der Waals surface area (Å²) >= 11 is 5.86. The summed E-state index contributed by atoms with van der Waals surface area (Å²) in [5.74, 6) is 0.117. The topological polar surface area (TPSA) is 23.6 Å². The molecule has 2 aromatic carbocycles. The lowest BCUT2D eigenvalue weighted by molar-refractivity contribution is 0.0999. The quantitative estimate of drug-likeness (QED) is 0.811. The molecule has 108 valence electrons. The zero-order valence-corrected chi connectivity index (χ0v) is 12.7. The first-order chi connectivity index (χ1) is 10.1. The fraction of sp³-hybridized carbons (Fsp3) is 0.235. The number of ketones is 1. The number of halogens is 1. The average Bonchev–Trinajstić information content (AvgIpc) is 2.51. The van der Waals surface area contributed by atoms with Gasteiger partial charge in [0.1, 0.15) is 0 Å². The zero-order chi connectivity index (χ0) is 14.8. The van der Waals surface area contributed by atoms with E-state index in [0.717, 1.165) is 18.8 Å². The number of rotatable bonds is 3. The van der Waals surface area contributed by atoms with E-state index in [9.17, 15) is 4.79 Å². The minimum absolute atomic E-state index is 0.117. The highest BCUT2D eigenvalue weighted by Gasteiger charge is 2.21. The summed E-state index contributed by atoms with van der Waals surface area (Å²) in [7, 11) is 2.08. The van der Waals surface area contributed by atoms with Gasteiger partial charge < -0.3 is 9.80 Å². The van der Waals surface area contributed by atoms with Crippen LogP contribution in [0.25, 0.3) is 0 Å². The number of Topliss-reactive ketones (excluding diaryl/α,β-unsaturated/α-hetero) is 1. The fourth-order valence-electron chi connectivity index (χ4n) is 2.63. The number of fused-ring (bicyclic) bond motifs is 1. The Morgan fingerprint density at radius 3 is 2.43 bits per heavy atom. The Hall–Kier alpha value is -2.00. The molecule has 0 amide bonds. The first-order valence-electron chi connectivity index (χ1n) is 6.99. The molecule has 0 N–H and O–H groups in total. The van der Waals surface area contributed by atoms with Gasteiger partial charge in [0.25, 0.3) is 0 Å². The van der Waals surface area contributed by atoms with Gasteiger partial charge in [-0.15, -0.1) is 0 Å². The third-order valence-corrected chi connectivity index (χ3v) is 4.09. The van der Waals surface area contributed by atoms with Crippen molar-refractivity contribution in [1.29, 1.82) is 0 Å². The van der Waals surface area contributed by atoms with Crippen LogP contribution in [0.5, 0.6) is 0 Å². The van der Waals surface area contributed by atoms with Crippen molar-refractivity contribution in [2.45, 2.75) is 0 Å². The molecule has 21 heavy (non-hydrogen) atoms. The molecule has 0 atom stereocenters. The molecule has 0 saturated heterocycles. The molecule has 1 aliphatic rings. The third kappa shape index (κ3) is 2.88. The predicted molar refractivity (Wildman–Crippen MR) is 87.7 cm³/mol. The average molecular weight is 301 g/mol. The molecule has 3 nitrogen and oxygen atoms in total. The van der Waals surface area contributed by atoms with Gasteiger partial charge in [-0.1, -0.05) is 23.7 Å². The van der Waals surface area contributed by atoms with Crippen molar-refractivity contribution >= 4 is 28.8 Å². The van der Waals surface area contributed by atoms with E-state index in [1.807, 2.05) is 12.1 Å². The largest absolute Gasteiger partial charge is 0.371 e. The third-order valence-electron chi connectivity index (χ3n) is 3.84. The number of para-hydroxylation sites is 2. The van der Waals surface area contributed by atoms with Gasteiger partial charge in [-0.3, -0.25) is 4.79 Å². The van der Waals surface area contributed by atoms with Gasteiger partial charge in [-0.2, -0.15) is 0 Å². The number of carbonyl (C=O) groups is 1. The van der Waals surface area contributed by atoms with Crippen molar-refractivity contribution in [3.8, 4) is 0 Å². The summed E-state index contributed by atoms with van der Waals surface area (Å²) in [5, 5.41) is 0.650. The SMILES string of the molecule is CN1CCN(CC(=O)c2ccc(Cl)cc2)c2ccccc21. The standard InChI is InChI=1S/C17H17ClN2O/c1-19-10-11-20(16-5-3-2-4-15(16)19)12-17(21)13-6-8-14(18)9-7-13/h2-9H,10-12H2,1H3. The lowest BCUT2D eigenvalue weighted by Gasteiger charge is -2.36. The Labute approximate surface area is 129 Å². The molecule has 3 rings (SSSR count). The summed E-state index contributed by atoms with van der Waals surface area (Å²) in [6.07, 6.45) is 0. The van der Waals surface area contributed by atoms with Gasteiger partial charge in [0, 0.05) is 30.7 Å². The minimum Gasteiger partial charge on any atom is -0.371 e. The second kappa shape index (κ2) is 5.78. The van der Waals surface area contributed by atoms with Crippen LogP contribution in [0.4, 0.5) is 11.4 Å². The molecule has 0 unspecified atom stereocenters. The van der Waals surface area contributed by atoms with Crippen molar-refractivity contribution in [3.63, 3.8) is 0 Å². The Morgan fingerprint density at radius 2 is 1.71 bits per heavy atom. The van der Waals surface area contributed by atoms with E-state index in [1.54, 1.807) is 24.3 Å². The number of likely N-dealkylation sites (N-methyl/N-ethyl adjacent to an activating group) is 1. The van der Waals surface area contributed by atoms with Crippen LogP contribution in [0.2, 0.25) is 5.02 Å². The zero-order valence-electron chi connectivity index (χ0n) is 11.9. The van der Waals surface area contributed by atoms with Gasteiger partial charge in [0.05, 0.1) is 17.9 Å². The molecular formula is C17H17ClN2O. The summed E-state index contributed by atoms with van der Waals surface area (Å²) in [6, 6.07) is 15.3. The molecule has 0 saturated carbocycles. The fourth-order valence-corrected chi connectivity index (χ4v) is 2.76. The molecule has 2 aromatic rings. The van der Waals surface area contributed by atoms with Gasteiger partial charge in [0.15, 0.2) is 5.78 Å². The van der Waals surface area contributed by atoms with Crippen molar-refractivity contribution in [1.82, 2.24) is 0 Å². The number of carbonyl (C=O) groups excluding carboxylic acids is 1. The van der Waals surface area contributed by atoms with Crippen molar-refractivity contribution < 1.29 is 4.79 Å². The van der Waals surface area contributed by atoms with Crippen LogP contribution < -0.4 is 9.80 Å². The summed E-state index contributed by atoms with van der Waals surface area (Å²) in [5.41, 5.74) is 3.00. The molecule has 0 bridgehead atoms. The second-order valence-electron chi connectivity index (χ2n) is 5.26. The number of nitrogens with zero attached hydrogens (tertiary/aromatic N) is 2. The van der Waals surface area contributed by atoms with Gasteiger partial charge in [0.2, 0.25) is 0 Å². The van der Waals surface area contributed by atoms with Gasteiger partial charge in [-0.25, -0.2) is 0 Å². The maximum atomic E-state index is 12.4. The van der Waals surface area contributed by atoms with E-state index in [1.165, 1.54) is 5.69 Å². The first kappa shape index (κ1) is 14.0. The minimum atomic E-state index is 0.117. The molecular weight excluding hydrogens is 284 g/mol. The van der Waals surface area contributed by atoms with E-state index >= 15 is 0 Å². The number of benzene rings is 2. The second-order valence-corrected chi connectivity index (χ2v) is 5.70. The van der Waals surface area contributed by atoms with Crippen molar-refractivity contribution in [2.24, 2.45) is 0 Å². The smallest absolute Gasteiger partial charge is 0.182 e. The maximum Gasteiger partial charge on any atom is 0.182 e. The Morgan fingerprint density at radius 1 is 1.05 bits per heavy atom. The first-order valence-corrected chi connectivity index (χ1v) is 7.37. The molecule has 0 fully saturated rings. The Balaban J connectivity index is 1.81. The Kier molecular flexibility index (Phi) is 3.84. The monoisotopic (exact) mass is 300 g/mol. The molecule has 1 aliphatic heterocycles. The number of anilines is 2. The molecule has 0 aromatic heterocycles. The van der Waals surface area contributed by atoms with E-state index in [4.69, 9.17) is 11.6 Å². The normalized spacial score (nSPS) is 14.0. The summed E-state index contributed by atoms with van der Waals surface area (Å²) in [6.45, 7) is 2.17. The molecule has 0 radical (unpaired) electrons. The van der Waals surface area contributed by atoms with Crippen LogP contribution in [0.1, 0.15) is 10.4 Å². The van der Waals surface area contributed by atoms with Crippen LogP contribution >= 0.6 is 11.6 Å².